The maximum absolute atomic E-state index is 13.2. The van der Waals surface area contributed by atoms with Crippen LogP contribution in [0.3, 0.4) is 0 Å². The number of thiazole rings is 1. The summed E-state index contributed by atoms with van der Waals surface area (Å²) in [7, 11) is -8.46. The van der Waals surface area contributed by atoms with Crippen LogP contribution in [-0.2, 0) is 19.9 Å². The minimum atomic E-state index is -4.49. The molecule has 1 aromatic heterocycles. The van der Waals surface area contributed by atoms with Crippen molar-refractivity contribution < 1.29 is 16.8 Å². The molecule has 2 saturated heterocycles. The molecule has 0 bridgehead atoms. The topological polar surface area (TPSA) is 187 Å². The van der Waals surface area contributed by atoms with Gasteiger partial charge in [0, 0.05) is 24.2 Å². The van der Waals surface area contributed by atoms with Gasteiger partial charge in [0.15, 0.2) is 9.84 Å². The number of nitrogens with one attached hydrogen (secondary N) is 6. The zero-order valence-electron chi connectivity index (χ0n) is 16.3. The minimum Gasteiger partial charge on any atom is -0.314 e. The van der Waals surface area contributed by atoms with Gasteiger partial charge < -0.3 is 10.3 Å². The van der Waals surface area contributed by atoms with Crippen LogP contribution in [0, 0.1) is 0 Å². The number of aromatic nitrogens is 1. The first-order valence-corrected chi connectivity index (χ1v) is 13.4. The number of rotatable bonds is 5. The molecular formula is C17H19N7O5S3. The lowest BCUT2D eigenvalue weighted by molar-refractivity contribution is 0.491. The summed E-state index contributed by atoms with van der Waals surface area (Å²) >= 11 is 1.02. The third kappa shape index (κ3) is 3.47. The first-order chi connectivity index (χ1) is 15.2. The molecule has 0 atom stereocenters. The van der Waals surface area contributed by atoms with E-state index in [0.29, 0.717) is 21.3 Å². The lowest BCUT2D eigenvalue weighted by Gasteiger charge is -2.29. The summed E-state index contributed by atoms with van der Waals surface area (Å²) < 4.78 is 52.8. The van der Waals surface area contributed by atoms with Gasteiger partial charge >= 0.3 is 4.87 Å². The van der Waals surface area contributed by atoms with E-state index in [2.05, 4.69) is 32.2 Å². The Labute approximate surface area is 186 Å². The molecule has 0 amide bonds. The van der Waals surface area contributed by atoms with Crippen LogP contribution in [0.15, 0.2) is 44.9 Å². The van der Waals surface area contributed by atoms with Crippen LogP contribution >= 0.6 is 11.3 Å². The molecule has 8 N–H and O–H groups in total. The first kappa shape index (κ1) is 21.6. The van der Waals surface area contributed by atoms with Gasteiger partial charge in [0.1, 0.15) is 11.1 Å². The average Bonchev–Trinajstić information content (AvgIpc) is 3.32. The van der Waals surface area contributed by atoms with Gasteiger partial charge in [0.2, 0.25) is 10.0 Å². The molecule has 2 aliphatic rings. The van der Waals surface area contributed by atoms with Gasteiger partial charge in [0.05, 0.1) is 20.4 Å². The molecule has 12 nitrogen and oxygen atoms in total. The number of sulfonamides is 1. The molecule has 0 aliphatic carbocycles. The first-order valence-electron chi connectivity index (χ1n) is 9.45. The summed E-state index contributed by atoms with van der Waals surface area (Å²) in [6.45, 7) is 0.448. The van der Waals surface area contributed by atoms with Crippen LogP contribution < -0.4 is 37.2 Å². The molecule has 5 rings (SSSR count). The Bertz CT molecular complexity index is 1490. The van der Waals surface area contributed by atoms with Crippen molar-refractivity contribution in [2.24, 2.45) is 5.14 Å². The Kier molecular flexibility index (Phi) is 5.19. The summed E-state index contributed by atoms with van der Waals surface area (Å²) in [4.78, 5) is 13.6. The number of H-pyrrole nitrogens is 1. The van der Waals surface area contributed by atoms with Crippen molar-refractivity contribution in [2.75, 3.05) is 13.1 Å². The highest BCUT2D eigenvalue weighted by Crippen LogP contribution is 2.40. The van der Waals surface area contributed by atoms with Crippen molar-refractivity contribution in [1.82, 2.24) is 32.2 Å². The van der Waals surface area contributed by atoms with E-state index in [9.17, 15) is 21.6 Å². The maximum atomic E-state index is 13.2. The second kappa shape index (κ2) is 7.68. The monoisotopic (exact) mass is 497 g/mol. The minimum absolute atomic E-state index is 0.109. The Morgan fingerprint density at radius 1 is 0.969 bits per heavy atom. The van der Waals surface area contributed by atoms with Gasteiger partial charge in [-0.15, -0.1) is 0 Å². The molecule has 0 spiro atoms. The molecule has 3 aromatic rings. The highest BCUT2D eigenvalue weighted by molar-refractivity contribution is 7.94. The smallest absolute Gasteiger partial charge is 0.305 e. The number of aromatic amines is 1. The van der Waals surface area contributed by atoms with Gasteiger partial charge in [-0.25, -0.2) is 32.8 Å². The fourth-order valence-electron chi connectivity index (χ4n) is 3.87. The molecule has 2 fully saturated rings. The second-order valence-electron chi connectivity index (χ2n) is 7.39. The Hall–Kier alpha value is -2.21. The normalized spacial score (nSPS) is 18.3. The molecular weight excluding hydrogens is 478 g/mol. The molecule has 0 saturated carbocycles. The summed E-state index contributed by atoms with van der Waals surface area (Å²) in [5.41, 5.74) is 12.4. The molecule has 170 valence electrons. The lowest BCUT2D eigenvalue weighted by atomic mass is 9.97. The number of hydrazine groups is 3. The molecule has 32 heavy (non-hydrogen) atoms. The van der Waals surface area contributed by atoms with Gasteiger partial charge in [-0.2, -0.15) is 11.1 Å². The van der Waals surface area contributed by atoms with E-state index < -0.39 is 36.2 Å². The fraction of sp³-hybridized carbons (Fsp3) is 0.235. The number of para-hydroxylation sites is 1. The van der Waals surface area contributed by atoms with Crippen molar-refractivity contribution in [1.29, 1.82) is 0 Å². The lowest BCUT2D eigenvalue weighted by Crippen LogP contribution is -2.51. The largest absolute Gasteiger partial charge is 0.314 e. The Morgan fingerprint density at radius 2 is 1.69 bits per heavy atom. The number of sulfone groups is 1. The van der Waals surface area contributed by atoms with Crippen LogP contribution in [0.25, 0.3) is 21.3 Å². The third-order valence-corrected chi connectivity index (χ3v) is 9.61. The number of fused-ring (bicyclic) bond motifs is 1. The van der Waals surface area contributed by atoms with Crippen LogP contribution in [0.5, 0.6) is 0 Å². The van der Waals surface area contributed by atoms with Crippen molar-refractivity contribution >= 4 is 41.4 Å². The molecule has 15 heteroatoms. The predicted molar refractivity (Wildman–Crippen MR) is 118 cm³/mol. The van der Waals surface area contributed by atoms with E-state index in [4.69, 9.17) is 5.14 Å². The van der Waals surface area contributed by atoms with Crippen molar-refractivity contribution in [3.05, 3.63) is 45.6 Å². The molecule has 2 aromatic carbocycles. The number of hydrogen-bond donors (Lipinski definition) is 7. The zero-order valence-corrected chi connectivity index (χ0v) is 18.7. The SMILES string of the molecule is NS(=O)(=O)c1c(S(=O)(=O)C2CNC2)ccc(-c2cccc3sc(=O)[nH]c23)c1C1NNNN1. The standard InChI is InChI=1S/C17H19N7O5S3/c18-32(28,29)15-12(31(26,27)8-6-19-7-8)5-4-9(13(15)16-21-23-24-22-16)10-2-1-3-11-14(10)20-17(25)30-11/h1-5,8,16,19,21-24H,6-7H2,(H,20,25)(H2,18,28,29). The van der Waals surface area contributed by atoms with Crippen molar-refractivity contribution in [2.45, 2.75) is 21.2 Å². The summed E-state index contributed by atoms with van der Waals surface area (Å²) in [6, 6.07) is 8.02. The molecule has 3 heterocycles. The van der Waals surface area contributed by atoms with Crippen LogP contribution in [0.1, 0.15) is 11.7 Å². The average molecular weight is 498 g/mol. The summed E-state index contributed by atoms with van der Waals surface area (Å²) in [5, 5.41) is 7.72. The second-order valence-corrected chi connectivity index (χ2v) is 12.1. The Morgan fingerprint density at radius 3 is 2.31 bits per heavy atom. The highest BCUT2D eigenvalue weighted by atomic mass is 32.2. The maximum Gasteiger partial charge on any atom is 0.305 e. The number of benzene rings is 2. The fourth-order valence-corrected chi connectivity index (χ4v) is 7.88. The number of primary sulfonamides is 1. The molecule has 0 radical (unpaired) electrons. The van der Waals surface area contributed by atoms with E-state index >= 15 is 0 Å². The van der Waals surface area contributed by atoms with Crippen LogP contribution in [-0.4, -0.2) is 40.2 Å². The molecule has 2 aliphatic heterocycles. The van der Waals surface area contributed by atoms with Crippen molar-refractivity contribution in [3.63, 3.8) is 0 Å². The van der Waals surface area contributed by atoms with E-state index in [1.807, 2.05) is 0 Å². The van der Waals surface area contributed by atoms with Gasteiger partial charge in [-0.3, -0.25) is 4.79 Å². The summed E-state index contributed by atoms with van der Waals surface area (Å²) in [5.74, 6) is 0. The van der Waals surface area contributed by atoms with Gasteiger partial charge in [0.25, 0.3) is 0 Å². The number of hydrogen-bond acceptors (Lipinski definition) is 11. The van der Waals surface area contributed by atoms with E-state index in [1.165, 1.54) is 12.1 Å². The highest BCUT2D eigenvalue weighted by Gasteiger charge is 2.39. The van der Waals surface area contributed by atoms with Gasteiger partial charge in [-0.1, -0.05) is 29.5 Å². The van der Waals surface area contributed by atoms with Crippen LogP contribution in [0.4, 0.5) is 0 Å². The zero-order chi connectivity index (χ0) is 22.7. The van der Waals surface area contributed by atoms with E-state index in [1.54, 1.807) is 18.2 Å². The quantitative estimate of drug-likeness (QED) is 0.225. The van der Waals surface area contributed by atoms with Crippen molar-refractivity contribution in [3.8, 4) is 11.1 Å². The van der Waals surface area contributed by atoms with E-state index in [0.717, 1.165) is 11.3 Å². The predicted octanol–water partition coefficient (Wildman–Crippen LogP) is -1.23. The summed E-state index contributed by atoms with van der Waals surface area (Å²) in [6.07, 6.45) is -0.853. The van der Waals surface area contributed by atoms with E-state index in [-0.39, 0.29) is 28.4 Å². The molecule has 0 unspecified atom stereocenters. The van der Waals surface area contributed by atoms with Gasteiger partial charge in [-0.05, 0) is 17.7 Å². The number of nitrogens with two attached hydrogens (primary N) is 1. The third-order valence-electron chi connectivity index (χ3n) is 5.46. The Balaban J connectivity index is 1.87. The van der Waals surface area contributed by atoms with Crippen LogP contribution in [0.2, 0.25) is 0 Å².